The van der Waals surface area contributed by atoms with Gasteiger partial charge in [0.2, 0.25) is 11.6 Å². The molecule has 2 aromatic rings. The average molecular weight is 336 g/mol. The molecule has 0 atom stereocenters. The van der Waals surface area contributed by atoms with Crippen LogP contribution in [0.5, 0.6) is 0 Å². The van der Waals surface area contributed by atoms with Crippen molar-refractivity contribution in [2.45, 2.75) is 6.54 Å². The molecule has 0 saturated carbocycles. The second kappa shape index (κ2) is 7.31. The van der Waals surface area contributed by atoms with Crippen molar-refractivity contribution in [3.05, 3.63) is 41.5 Å². The number of rotatable bonds is 5. The molecular formula is C14H13FN4O5. The topological polar surface area (TPSA) is 112 Å². The average Bonchev–Trinajstić information content (AvgIpc) is 2.96. The van der Waals surface area contributed by atoms with Gasteiger partial charge in [-0.3, -0.25) is 4.79 Å². The number of benzene rings is 1. The van der Waals surface area contributed by atoms with Gasteiger partial charge in [0.15, 0.2) is 5.69 Å². The van der Waals surface area contributed by atoms with Gasteiger partial charge in [-0.15, -0.1) is 5.10 Å². The zero-order valence-electron chi connectivity index (χ0n) is 12.8. The Bertz CT molecular complexity index is 789. The molecule has 1 N–H and O–H groups in total. The highest BCUT2D eigenvalue weighted by Crippen LogP contribution is 2.11. The zero-order valence-corrected chi connectivity index (χ0v) is 12.8. The smallest absolute Gasteiger partial charge is 0.361 e. The Balaban J connectivity index is 2.22. The van der Waals surface area contributed by atoms with Gasteiger partial charge in [-0.05, 0) is 18.2 Å². The van der Waals surface area contributed by atoms with Gasteiger partial charge >= 0.3 is 11.9 Å². The fraction of sp³-hybridized carbons (Fsp3) is 0.214. The van der Waals surface area contributed by atoms with Gasteiger partial charge in [0, 0.05) is 5.69 Å². The maximum atomic E-state index is 13.1. The van der Waals surface area contributed by atoms with Gasteiger partial charge in [0.1, 0.15) is 12.4 Å². The van der Waals surface area contributed by atoms with E-state index in [2.05, 4.69) is 25.1 Å². The number of nitrogens with one attached hydrogen (secondary N) is 1. The third-order valence-corrected chi connectivity index (χ3v) is 2.89. The van der Waals surface area contributed by atoms with E-state index in [-0.39, 0.29) is 17.1 Å². The predicted molar refractivity (Wildman–Crippen MR) is 77.7 cm³/mol. The van der Waals surface area contributed by atoms with E-state index in [9.17, 15) is 18.8 Å². The first-order chi connectivity index (χ1) is 11.5. The summed E-state index contributed by atoms with van der Waals surface area (Å²) in [7, 11) is 2.21. The van der Waals surface area contributed by atoms with Crippen molar-refractivity contribution in [3.63, 3.8) is 0 Å². The van der Waals surface area contributed by atoms with E-state index in [1.165, 1.54) is 18.2 Å². The first-order valence-corrected chi connectivity index (χ1v) is 6.61. The third-order valence-electron chi connectivity index (χ3n) is 2.89. The van der Waals surface area contributed by atoms with Crippen LogP contribution in [-0.4, -0.2) is 47.1 Å². The number of methoxy groups -OCH3 is 2. The summed E-state index contributed by atoms with van der Waals surface area (Å²) in [6.45, 7) is -0.440. The molecule has 0 spiro atoms. The third kappa shape index (κ3) is 3.72. The summed E-state index contributed by atoms with van der Waals surface area (Å²) in [5.41, 5.74) is -0.463. The molecule has 126 valence electrons. The molecule has 0 saturated heterocycles. The van der Waals surface area contributed by atoms with E-state index in [0.717, 1.165) is 25.0 Å². The molecule has 0 aliphatic rings. The number of carbonyl (C=O) groups excluding carboxylic acids is 3. The molecule has 9 nitrogen and oxygen atoms in total. The number of aromatic nitrogens is 3. The zero-order chi connectivity index (χ0) is 17.7. The molecule has 1 aromatic carbocycles. The fourth-order valence-electron chi connectivity index (χ4n) is 1.86. The molecule has 1 heterocycles. The number of halogens is 1. The maximum absolute atomic E-state index is 13.1. The number of amides is 1. The van der Waals surface area contributed by atoms with Gasteiger partial charge in [-0.25, -0.2) is 18.7 Å². The van der Waals surface area contributed by atoms with Gasteiger partial charge in [-0.2, -0.15) is 0 Å². The summed E-state index contributed by atoms with van der Waals surface area (Å²) in [5.74, 6) is -2.92. The van der Waals surface area contributed by atoms with Crippen molar-refractivity contribution in [1.82, 2.24) is 15.0 Å². The fourth-order valence-corrected chi connectivity index (χ4v) is 1.86. The first-order valence-electron chi connectivity index (χ1n) is 6.61. The molecule has 0 bridgehead atoms. The lowest BCUT2D eigenvalue weighted by Gasteiger charge is -2.07. The van der Waals surface area contributed by atoms with Gasteiger partial charge < -0.3 is 14.8 Å². The lowest BCUT2D eigenvalue weighted by atomic mass is 10.3. The quantitative estimate of drug-likeness (QED) is 0.797. The normalized spacial score (nSPS) is 10.1. The summed E-state index contributed by atoms with van der Waals surface area (Å²) in [5, 5.41) is 9.54. The van der Waals surface area contributed by atoms with Crippen molar-refractivity contribution in [2.24, 2.45) is 0 Å². The molecule has 2 rings (SSSR count). The number of hydrogen-bond donors (Lipinski definition) is 1. The molecule has 0 aliphatic heterocycles. The molecule has 24 heavy (non-hydrogen) atoms. The molecule has 1 aromatic heterocycles. The Hall–Kier alpha value is -3.30. The number of ether oxygens (including phenoxy) is 2. The molecule has 0 radical (unpaired) electrons. The molecule has 0 aliphatic carbocycles. The highest BCUT2D eigenvalue weighted by Gasteiger charge is 2.27. The SMILES string of the molecule is COC(=O)c1nnn(CC(=O)Nc2cccc(F)c2)c1C(=O)OC. The molecule has 0 unspecified atom stereocenters. The number of anilines is 1. The van der Waals surface area contributed by atoms with E-state index >= 15 is 0 Å². The van der Waals surface area contributed by atoms with Gasteiger partial charge in [0.05, 0.1) is 14.2 Å². The minimum Gasteiger partial charge on any atom is -0.464 e. The number of carbonyl (C=O) groups is 3. The number of hydrogen-bond acceptors (Lipinski definition) is 7. The first kappa shape index (κ1) is 17.1. The maximum Gasteiger partial charge on any atom is 0.361 e. The van der Waals surface area contributed by atoms with Crippen molar-refractivity contribution < 1.29 is 28.2 Å². The van der Waals surface area contributed by atoms with Crippen LogP contribution >= 0.6 is 0 Å². The molecule has 0 fully saturated rings. The van der Waals surface area contributed by atoms with Crippen LogP contribution in [-0.2, 0) is 20.8 Å². The predicted octanol–water partition coefficient (Wildman–Crippen LogP) is 0.629. The summed E-state index contributed by atoms with van der Waals surface area (Å²) in [4.78, 5) is 35.4. The summed E-state index contributed by atoms with van der Waals surface area (Å²) in [6, 6.07) is 5.27. The molecule has 1 amide bonds. The molecular weight excluding hydrogens is 323 g/mol. The van der Waals surface area contributed by atoms with E-state index in [1.54, 1.807) is 0 Å². The van der Waals surface area contributed by atoms with Crippen LogP contribution in [0.25, 0.3) is 0 Å². The van der Waals surface area contributed by atoms with Crippen LogP contribution in [0.4, 0.5) is 10.1 Å². The van der Waals surface area contributed by atoms with Crippen LogP contribution in [0.3, 0.4) is 0 Å². The lowest BCUT2D eigenvalue weighted by molar-refractivity contribution is -0.116. The van der Waals surface area contributed by atoms with Crippen molar-refractivity contribution in [3.8, 4) is 0 Å². The van der Waals surface area contributed by atoms with E-state index in [4.69, 9.17) is 0 Å². The minimum absolute atomic E-state index is 0.230. The van der Waals surface area contributed by atoms with Crippen molar-refractivity contribution >= 4 is 23.5 Å². The van der Waals surface area contributed by atoms with Crippen LogP contribution in [0.2, 0.25) is 0 Å². The van der Waals surface area contributed by atoms with Crippen LogP contribution < -0.4 is 5.32 Å². The summed E-state index contributed by atoms with van der Waals surface area (Å²) < 4.78 is 23.0. The standard InChI is InChI=1S/C14H13FN4O5/c1-23-13(21)11-12(14(22)24-2)19(18-17-11)7-10(20)16-9-5-3-4-8(15)6-9/h3-6H,7H2,1-2H3,(H,16,20). The lowest BCUT2D eigenvalue weighted by Crippen LogP contribution is -2.23. The van der Waals surface area contributed by atoms with Crippen molar-refractivity contribution in [2.75, 3.05) is 19.5 Å². The van der Waals surface area contributed by atoms with Crippen molar-refractivity contribution in [1.29, 1.82) is 0 Å². The van der Waals surface area contributed by atoms with E-state index < -0.39 is 30.2 Å². The van der Waals surface area contributed by atoms with E-state index in [1.807, 2.05) is 0 Å². The van der Waals surface area contributed by atoms with Crippen LogP contribution in [0.1, 0.15) is 21.0 Å². The number of esters is 2. The highest BCUT2D eigenvalue weighted by atomic mass is 19.1. The Kier molecular flexibility index (Phi) is 5.20. The summed E-state index contributed by atoms with van der Waals surface area (Å²) >= 11 is 0. The Labute approximate surface area is 135 Å². The minimum atomic E-state index is -0.904. The van der Waals surface area contributed by atoms with Crippen LogP contribution in [0, 0.1) is 5.82 Å². The van der Waals surface area contributed by atoms with Crippen LogP contribution in [0.15, 0.2) is 24.3 Å². The van der Waals surface area contributed by atoms with Gasteiger partial charge in [0.25, 0.3) is 0 Å². The summed E-state index contributed by atoms with van der Waals surface area (Å²) in [6.07, 6.45) is 0. The largest absolute Gasteiger partial charge is 0.464 e. The molecule has 10 heteroatoms. The second-order valence-corrected chi connectivity index (χ2v) is 4.49. The Morgan fingerprint density at radius 2 is 1.92 bits per heavy atom. The second-order valence-electron chi connectivity index (χ2n) is 4.49. The highest BCUT2D eigenvalue weighted by molar-refractivity contribution is 6.01. The van der Waals surface area contributed by atoms with Gasteiger partial charge in [-0.1, -0.05) is 11.3 Å². The monoisotopic (exact) mass is 336 g/mol. The number of nitrogens with zero attached hydrogens (tertiary/aromatic N) is 3. The Morgan fingerprint density at radius 1 is 1.21 bits per heavy atom. The Morgan fingerprint density at radius 3 is 2.54 bits per heavy atom. The van der Waals surface area contributed by atoms with E-state index in [0.29, 0.717) is 0 Å².